The van der Waals surface area contributed by atoms with E-state index < -0.39 is 49.5 Å². The topological polar surface area (TPSA) is 175 Å². The zero-order valence-corrected chi connectivity index (χ0v) is 50.2. The number of amides is 1. The number of carbonyl (C=O) groups excluding carboxylic acids is 2. The molecule has 0 spiro atoms. The first-order valence-electron chi connectivity index (χ1n) is 33.1. The molecule has 0 aromatic rings. The molecule has 0 aromatic carbocycles. The number of unbranched alkanes of at least 4 members (excludes halogenated alkanes) is 42. The third-order valence-electron chi connectivity index (χ3n) is 15.8. The number of nitrogens with one attached hydrogen (secondary N) is 1. The standard InChI is InChI=1S/C66H125NO10/c1-3-5-7-9-11-13-14-15-27-31-34-38-42-46-50-54-62(71)75-55-51-47-43-39-35-32-29-26-24-22-20-18-16-17-19-21-23-25-28-30-33-37-41-45-49-53-61(70)67-58(59(69)52-48-44-40-36-12-10-8-6-4-2)57-76-66-65(74)64(73)63(72)60(56-68)77-66/h15,27,48,52,58-60,63-66,68-69,72-74H,3-14,16-26,28-47,49-51,53-57H2,1-2H3,(H,67,70)/b27-15-,52-48+. The van der Waals surface area contributed by atoms with Crippen LogP contribution in [-0.4, -0.2) is 100 Å². The van der Waals surface area contributed by atoms with Gasteiger partial charge in [0.1, 0.15) is 24.4 Å². The summed E-state index contributed by atoms with van der Waals surface area (Å²) in [5.74, 6) is -0.183. The highest BCUT2D eigenvalue weighted by atomic mass is 16.7. The third kappa shape index (κ3) is 45.4. The first-order valence-corrected chi connectivity index (χ1v) is 33.1. The second kappa shape index (κ2) is 56.0. The van der Waals surface area contributed by atoms with E-state index in [9.17, 15) is 35.1 Å². The lowest BCUT2D eigenvalue weighted by molar-refractivity contribution is -0.302. The first kappa shape index (κ1) is 73.2. The van der Waals surface area contributed by atoms with Gasteiger partial charge < -0.3 is 45.1 Å². The van der Waals surface area contributed by atoms with E-state index in [-0.39, 0.29) is 18.5 Å². The normalized spacial score (nSPS) is 18.7. The molecule has 0 aliphatic carbocycles. The zero-order chi connectivity index (χ0) is 55.9. The largest absolute Gasteiger partial charge is 0.466 e. The molecule has 7 atom stereocenters. The molecular formula is C66H125NO10. The lowest BCUT2D eigenvalue weighted by Crippen LogP contribution is -2.60. The van der Waals surface area contributed by atoms with E-state index in [1.54, 1.807) is 6.08 Å². The molecule has 77 heavy (non-hydrogen) atoms. The Morgan fingerprint density at radius 2 is 0.831 bits per heavy atom. The molecule has 1 aliphatic rings. The molecule has 7 unspecified atom stereocenters. The van der Waals surface area contributed by atoms with Crippen molar-refractivity contribution in [3.63, 3.8) is 0 Å². The van der Waals surface area contributed by atoms with Crippen LogP contribution < -0.4 is 5.32 Å². The van der Waals surface area contributed by atoms with Crippen molar-refractivity contribution in [2.45, 2.75) is 365 Å². The molecule has 1 fully saturated rings. The molecule has 1 saturated heterocycles. The van der Waals surface area contributed by atoms with Crippen molar-refractivity contribution < 1.29 is 49.3 Å². The van der Waals surface area contributed by atoms with Gasteiger partial charge in [0.15, 0.2) is 6.29 Å². The van der Waals surface area contributed by atoms with Crippen LogP contribution in [-0.2, 0) is 23.8 Å². The Bertz CT molecular complexity index is 1330. The van der Waals surface area contributed by atoms with Gasteiger partial charge in [-0.1, -0.05) is 276 Å². The molecule has 1 amide bonds. The monoisotopic (exact) mass is 1090 g/mol. The predicted octanol–water partition coefficient (Wildman–Crippen LogP) is 16.1. The first-order chi connectivity index (χ1) is 37.7. The highest BCUT2D eigenvalue weighted by molar-refractivity contribution is 5.76. The number of carbonyl (C=O) groups is 2. The van der Waals surface area contributed by atoms with Crippen LogP contribution >= 0.6 is 0 Å². The van der Waals surface area contributed by atoms with Gasteiger partial charge in [-0.25, -0.2) is 0 Å². The Kier molecular flexibility index (Phi) is 53.2. The molecule has 0 bridgehead atoms. The SMILES string of the molecule is CCCCCCCC/C=C\CCCCCCCC(=O)OCCCCCCCCCCCCCCCCCCCCCCCCCCCC(=O)NC(COC1OC(CO)C(O)C(O)C1O)C(O)/C=C/CCCCCCCCC. The predicted molar refractivity (Wildman–Crippen MR) is 320 cm³/mol. The Morgan fingerprint density at radius 1 is 0.468 bits per heavy atom. The smallest absolute Gasteiger partial charge is 0.305 e. The highest BCUT2D eigenvalue weighted by Crippen LogP contribution is 2.23. The minimum atomic E-state index is -1.57. The molecule has 6 N–H and O–H groups in total. The van der Waals surface area contributed by atoms with Crippen molar-refractivity contribution in [3.05, 3.63) is 24.3 Å². The van der Waals surface area contributed by atoms with Crippen LogP contribution in [0.15, 0.2) is 24.3 Å². The third-order valence-corrected chi connectivity index (χ3v) is 15.8. The molecule has 1 rings (SSSR count). The molecule has 1 heterocycles. The lowest BCUT2D eigenvalue weighted by Gasteiger charge is -2.40. The molecular weight excluding hydrogens is 967 g/mol. The van der Waals surface area contributed by atoms with Crippen LogP contribution in [0, 0.1) is 0 Å². The number of aliphatic hydroxyl groups excluding tert-OH is 5. The molecule has 0 radical (unpaired) electrons. The van der Waals surface area contributed by atoms with E-state index in [2.05, 4.69) is 31.3 Å². The van der Waals surface area contributed by atoms with Gasteiger partial charge in [0, 0.05) is 12.8 Å². The van der Waals surface area contributed by atoms with Gasteiger partial charge in [0.05, 0.1) is 32.0 Å². The van der Waals surface area contributed by atoms with Crippen LogP contribution in [0.3, 0.4) is 0 Å². The summed E-state index contributed by atoms with van der Waals surface area (Å²) in [5.41, 5.74) is 0. The number of rotatable bonds is 58. The van der Waals surface area contributed by atoms with Crippen molar-refractivity contribution in [1.29, 1.82) is 0 Å². The second-order valence-electron chi connectivity index (χ2n) is 23.2. The van der Waals surface area contributed by atoms with Gasteiger partial charge in [0.2, 0.25) is 5.91 Å². The molecule has 11 nitrogen and oxygen atoms in total. The summed E-state index contributed by atoms with van der Waals surface area (Å²) in [4.78, 5) is 25.1. The number of esters is 1. The average molecular weight is 1090 g/mol. The summed E-state index contributed by atoms with van der Waals surface area (Å²) in [5, 5.41) is 54.3. The van der Waals surface area contributed by atoms with E-state index in [1.165, 1.54) is 238 Å². The quantitative estimate of drug-likeness (QED) is 0.0195. The fraction of sp³-hybridized carbons (Fsp3) is 0.909. The summed E-state index contributed by atoms with van der Waals surface area (Å²) in [6.07, 6.45) is 58.8. The van der Waals surface area contributed by atoms with E-state index in [0.29, 0.717) is 19.4 Å². The fourth-order valence-corrected chi connectivity index (χ4v) is 10.5. The Balaban J connectivity index is 1.94. The number of ether oxygens (including phenoxy) is 3. The average Bonchev–Trinajstić information content (AvgIpc) is 3.43. The summed E-state index contributed by atoms with van der Waals surface area (Å²) in [6, 6.07) is -0.807. The lowest BCUT2D eigenvalue weighted by atomic mass is 9.99. The summed E-state index contributed by atoms with van der Waals surface area (Å²) >= 11 is 0. The molecule has 11 heteroatoms. The van der Waals surface area contributed by atoms with E-state index in [4.69, 9.17) is 14.2 Å². The van der Waals surface area contributed by atoms with Crippen LogP contribution in [0.25, 0.3) is 0 Å². The Morgan fingerprint density at radius 3 is 1.25 bits per heavy atom. The second-order valence-corrected chi connectivity index (χ2v) is 23.2. The maximum Gasteiger partial charge on any atom is 0.305 e. The van der Waals surface area contributed by atoms with Gasteiger partial charge in [-0.3, -0.25) is 9.59 Å². The van der Waals surface area contributed by atoms with Gasteiger partial charge in [-0.15, -0.1) is 0 Å². The van der Waals surface area contributed by atoms with Crippen molar-refractivity contribution >= 4 is 11.9 Å². The van der Waals surface area contributed by atoms with Crippen LogP contribution in [0.1, 0.15) is 322 Å². The zero-order valence-electron chi connectivity index (χ0n) is 50.2. The Labute approximate surface area is 473 Å². The number of hydrogen-bond acceptors (Lipinski definition) is 10. The summed E-state index contributed by atoms with van der Waals surface area (Å²) in [7, 11) is 0. The maximum absolute atomic E-state index is 13.0. The maximum atomic E-state index is 13.0. The highest BCUT2D eigenvalue weighted by Gasteiger charge is 2.44. The van der Waals surface area contributed by atoms with E-state index in [1.807, 2.05) is 6.08 Å². The number of hydrogen-bond donors (Lipinski definition) is 6. The van der Waals surface area contributed by atoms with Gasteiger partial charge in [-0.05, 0) is 57.8 Å². The minimum absolute atomic E-state index is 0.00181. The van der Waals surface area contributed by atoms with Crippen LogP contribution in [0.2, 0.25) is 0 Å². The molecule has 0 saturated carbocycles. The van der Waals surface area contributed by atoms with E-state index >= 15 is 0 Å². The van der Waals surface area contributed by atoms with Crippen LogP contribution in [0.4, 0.5) is 0 Å². The summed E-state index contributed by atoms with van der Waals surface area (Å²) < 4.78 is 16.7. The molecule has 454 valence electrons. The van der Waals surface area contributed by atoms with Crippen molar-refractivity contribution in [2.75, 3.05) is 19.8 Å². The van der Waals surface area contributed by atoms with Crippen LogP contribution in [0.5, 0.6) is 0 Å². The number of aliphatic hydroxyl groups is 5. The van der Waals surface area contributed by atoms with Gasteiger partial charge >= 0.3 is 5.97 Å². The van der Waals surface area contributed by atoms with E-state index in [0.717, 1.165) is 57.8 Å². The number of allylic oxidation sites excluding steroid dienone is 3. The molecule has 0 aromatic heterocycles. The van der Waals surface area contributed by atoms with Gasteiger partial charge in [-0.2, -0.15) is 0 Å². The van der Waals surface area contributed by atoms with Crippen molar-refractivity contribution in [3.8, 4) is 0 Å². The minimum Gasteiger partial charge on any atom is -0.466 e. The van der Waals surface area contributed by atoms with Crippen molar-refractivity contribution in [2.24, 2.45) is 0 Å². The van der Waals surface area contributed by atoms with Gasteiger partial charge in [0.25, 0.3) is 0 Å². The fourth-order valence-electron chi connectivity index (χ4n) is 10.5. The summed E-state index contributed by atoms with van der Waals surface area (Å²) in [6.45, 7) is 4.33. The Hall–Kier alpha value is -1.86. The van der Waals surface area contributed by atoms with Crippen molar-refractivity contribution in [1.82, 2.24) is 5.32 Å². The molecule has 1 aliphatic heterocycles.